The van der Waals surface area contributed by atoms with E-state index in [2.05, 4.69) is 10.3 Å². The maximum absolute atomic E-state index is 13.2. The Morgan fingerprint density at radius 2 is 1.83 bits per heavy atom. The average molecular weight is 427 g/mol. The highest BCUT2D eigenvalue weighted by Crippen LogP contribution is 2.24. The van der Waals surface area contributed by atoms with E-state index >= 15 is 0 Å². The van der Waals surface area contributed by atoms with Gasteiger partial charge in [-0.15, -0.1) is 0 Å². The Labute approximate surface area is 177 Å². The third kappa shape index (κ3) is 5.48. The number of hydrogen-bond donors (Lipinski definition) is 1. The minimum Gasteiger partial charge on any atom is -0.354 e. The maximum atomic E-state index is 13.2. The maximum Gasteiger partial charge on any atom is 0.264 e. The summed E-state index contributed by atoms with van der Waals surface area (Å²) in [6.45, 7) is 2.92. The molecule has 0 fully saturated rings. The predicted molar refractivity (Wildman–Crippen MR) is 117 cm³/mol. The first-order valence-corrected chi connectivity index (χ1v) is 11.3. The highest BCUT2D eigenvalue weighted by Gasteiger charge is 2.26. The molecule has 0 atom stereocenters. The lowest BCUT2D eigenvalue weighted by molar-refractivity contribution is -0.119. The number of carbonyl (C=O) groups excluding carboxylic acids is 1. The van der Waals surface area contributed by atoms with Crippen LogP contribution in [0.1, 0.15) is 18.9 Å². The highest BCUT2D eigenvalue weighted by atomic mass is 32.2. The summed E-state index contributed by atoms with van der Waals surface area (Å²) in [7, 11) is -3.87. The van der Waals surface area contributed by atoms with Crippen molar-refractivity contribution in [3.05, 3.63) is 78.9 Å². The number of nitrogens with zero attached hydrogens (tertiary/aromatic N) is 3. The number of aryl methyl sites for hydroxylation is 2. The summed E-state index contributed by atoms with van der Waals surface area (Å²) in [6.07, 6.45) is 6.85. The van der Waals surface area contributed by atoms with Gasteiger partial charge in [-0.25, -0.2) is 13.4 Å². The molecule has 0 unspecified atom stereocenters. The lowest BCUT2D eigenvalue weighted by Gasteiger charge is -2.24. The summed E-state index contributed by atoms with van der Waals surface area (Å²) in [5, 5.41) is 2.81. The molecule has 0 aliphatic carbocycles. The summed E-state index contributed by atoms with van der Waals surface area (Å²) < 4.78 is 29.6. The van der Waals surface area contributed by atoms with Crippen molar-refractivity contribution in [2.75, 3.05) is 17.4 Å². The summed E-state index contributed by atoms with van der Waals surface area (Å²) in [5.74, 6) is -0.347. The Balaban J connectivity index is 1.72. The standard InChI is InChI=1S/C22H26N4O3S/c1-2-19-9-11-20(12-10-19)26(30(28,29)21-7-4-3-5-8-21)17-22(27)24-13-6-15-25-16-14-23-18-25/h3-5,7-12,14,16,18H,2,6,13,15,17H2,1H3,(H,24,27). The van der Waals surface area contributed by atoms with Gasteiger partial charge in [-0.1, -0.05) is 37.3 Å². The molecule has 3 aromatic rings. The zero-order chi connectivity index (χ0) is 21.4. The first-order chi connectivity index (χ1) is 14.5. The third-order valence-electron chi connectivity index (χ3n) is 4.73. The van der Waals surface area contributed by atoms with Crippen LogP contribution in [0, 0.1) is 0 Å². The Morgan fingerprint density at radius 3 is 2.47 bits per heavy atom. The van der Waals surface area contributed by atoms with Crippen molar-refractivity contribution in [2.24, 2.45) is 0 Å². The number of aromatic nitrogens is 2. The number of amides is 1. The Morgan fingerprint density at radius 1 is 1.10 bits per heavy atom. The Hall–Kier alpha value is -3.13. The monoisotopic (exact) mass is 426 g/mol. The molecule has 1 aromatic heterocycles. The second kappa shape index (κ2) is 10.1. The van der Waals surface area contributed by atoms with Crippen LogP contribution in [0.3, 0.4) is 0 Å². The fraction of sp³-hybridized carbons (Fsp3) is 0.273. The molecule has 0 saturated heterocycles. The van der Waals surface area contributed by atoms with Gasteiger partial charge in [-0.3, -0.25) is 9.10 Å². The van der Waals surface area contributed by atoms with Crippen molar-refractivity contribution < 1.29 is 13.2 Å². The highest BCUT2D eigenvalue weighted by molar-refractivity contribution is 7.92. The first kappa shape index (κ1) is 21.6. The van der Waals surface area contributed by atoms with Crippen molar-refractivity contribution in [3.63, 3.8) is 0 Å². The van der Waals surface area contributed by atoms with E-state index in [-0.39, 0.29) is 17.3 Å². The van der Waals surface area contributed by atoms with Gasteiger partial charge in [0.05, 0.1) is 16.9 Å². The zero-order valence-electron chi connectivity index (χ0n) is 16.9. The van der Waals surface area contributed by atoms with Crippen LogP contribution in [-0.2, 0) is 27.8 Å². The Bertz CT molecular complexity index is 1030. The number of nitrogens with one attached hydrogen (secondary N) is 1. The smallest absolute Gasteiger partial charge is 0.264 e. The van der Waals surface area contributed by atoms with E-state index in [1.54, 1.807) is 42.9 Å². The van der Waals surface area contributed by atoms with Crippen molar-refractivity contribution in [2.45, 2.75) is 31.2 Å². The van der Waals surface area contributed by atoms with Crippen LogP contribution in [0.4, 0.5) is 5.69 Å². The second-order valence-electron chi connectivity index (χ2n) is 6.85. The summed E-state index contributed by atoms with van der Waals surface area (Å²) in [4.78, 5) is 16.7. The quantitative estimate of drug-likeness (QED) is 0.505. The van der Waals surface area contributed by atoms with E-state index in [9.17, 15) is 13.2 Å². The van der Waals surface area contributed by atoms with E-state index in [4.69, 9.17) is 0 Å². The van der Waals surface area contributed by atoms with E-state index in [1.807, 2.05) is 29.8 Å². The van der Waals surface area contributed by atoms with Gasteiger partial charge in [0.2, 0.25) is 5.91 Å². The van der Waals surface area contributed by atoms with Crippen molar-refractivity contribution in [1.82, 2.24) is 14.9 Å². The van der Waals surface area contributed by atoms with Crippen molar-refractivity contribution in [1.29, 1.82) is 0 Å². The molecule has 7 nitrogen and oxygen atoms in total. The van der Waals surface area contributed by atoms with Crippen LogP contribution in [0.25, 0.3) is 0 Å². The molecular weight excluding hydrogens is 400 g/mol. The van der Waals surface area contributed by atoms with E-state index in [1.165, 1.54) is 12.1 Å². The molecule has 0 saturated carbocycles. The summed E-state index contributed by atoms with van der Waals surface area (Å²) in [6, 6.07) is 15.4. The minimum absolute atomic E-state index is 0.150. The van der Waals surface area contributed by atoms with Crippen LogP contribution < -0.4 is 9.62 Å². The minimum atomic E-state index is -3.87. The molecule has 30 heavy (non-hydrogen) atoms. The SMILES string of the molecule is CCc1ccc(N(CC(=O)NCCCn2ccnc2)S(=O)(=O)c2ccccc2)cc1. The van der Waals surface area contributed by atoms with E-state index in [0.29, 0.717) is 12.2 Å². The molecule has 0 spiro atoms. The molecule has 2 aromatic carbocycles. The Kier molecular flexibility index (Phi) is 7.24. The molecule has 158 valence electrons. The topological polar surface area (TPSA) is 84.3 Å². The van der Waals surface area contributed by atoms with Crippen LogP contribution in [-0.4, -0.2) is 37.0 Å². The molecule has 1 heterocycles. The molecule has 1 amide bonds. The lowest BCUT2D eigenvalue weighted by Crippen LogP contribution is -2.41. The van der Waals surface area contributed by atoms with Gasteiger partial charge in [-0.2, -0.15) is 0 Å². The van der Waals surface area contributed by atoms with Crippen LogP contribution in [0.5, 0.6) is 0 Å². The molecule has 0 radical (unpaired) electrons. The number of sulfonamides is 1. The molecule has 8 heteroatoms. The fourth-order valence-electron chi connectivity index (χ4n) is 3.03. The van der Waals surface area contributed by atoms with Crippen LogP contribution >= 0.6 is 0 Å². The molecule has 0 aliphatic rings. The zero-order valence-corrected chi connectivity index (χ0v) is 17.8. The number of hydrogen-bond acceptors (Lipinski definition) is 4. The third-order valence-corrected chi connectivity index (χ3v) is 6.51. The fourth-order valence-corrected chi connectivity index (χ4v) is 4.47. The molecule has 0 bridgehead atoms. The number of carbonyl (C=O) groups is 1. The van der Waals surface area contributed by atoms with Gasteiger partial charge in [0, 0.05) is 25.5 Å². The van der Waals surface area contributed by atoms with E-state index in [0.717, 1.165) is 29.3 Å². The molecule has 0 aliphatic heterocycles. The van der Waals surface area contributed by atoms with Gasteiger partial charge in [-0.05, 0) is 42.7 Å². The summed E-state index contributed by atoms with van der Waals surface area (Å²) >= 11 is 0. The predicted octanol–water partition coefficient (Wildman–Crippen LogP) is 2.85. The number of imidazole rings is 1. The van der Waals surface area contributed by atoms with Crippen molar-refractivity contribution in [3.8, 4) is 0 Å². The van der Waals surface area contributed by atoms with E-state index < -0.39 is 10.0 Å². The molecular formula is C22H26N4O3S. The number of benzene rings is 2. The molecule has 3 rings (SSSR count). The van der Waals surface area contributed by atoms with Gasteiger partial charge < -0.3 is 9.88 Å². The van der Waals surface area contributed by atoms with Crippen molar-refractivity contribution >= 4 is 21.6 Å². The summed E-state index contributed by atoms with van der Waals surface area (Å²) in [5.41, 5.74) is 1.56. The van der Waals surface area contributed by atoms with Crippen LogP contribution in [0.2, 0.25) is 0 Å². The number of rotatable bonds is 10. The van der Waals surface area contributed by atoms with Gasteiger partial charge in [0.15, 0.2) is 0 Å². The van der Waals surface area contributed by atoms with Gasteiger partial charge in [0.1, 0.15) is 6.54 Å². The molecule has 1 N–H and O–H groups in total. The normalized spacial score (nSPS) is 11.2. The van der Waals surface area contributed by atoms with Gasteiger partial charge >= 0.3 is 0 Å². The largest absolute Gasteiger partial charge is 0.354 e. The van der Waals surface area contributed by atoms with Gasteiger partial charge in [0.25, 0.3) is 10.0 Å². The lowest BCUT2D eigenvalue weighted by atomic mass is 10.1. The van der Waals surface area contributed by atoms with Crippen LogP contribution in [0.15, 0.2) is 78.2 Å². The second-order valence-corrected chi connectivity index (χ2v) is 8.71. The first-order valence-electron chi connectivity index (χ1n) is 9.90. The number of anilines is 1. The average Bonchev–Trinajstić information content (AvgIpc) is 3.29.